The second-order valence-electron chi connectivity index (χ2n) is 4.42. The zero-order valence-electron chi connectivity index (χ0n) is 11.0. The average Bonchev–Trinajstić information content (AvgIpc) is 2.90. The number of hydrogen-bond acceptors (Lipinski definition) is 5. The van der Waals surface area contributed by atoms with Crippen LogP contribution in [0.3, 0.4) is 0 Å². The molecule has 0 fully saturated rings. The number of fused-ring (bicyclic) bond motifs is 1. The summed E-state index contributed by atoms with van der Waals surface area (Å²) >= 11 is 2.36. The van der Waals surface area contributed by atoms with Crippen molar-refractivity contribution in [2.24, 2.45) is 0 Å². The van der Waals surface area contributed by atoms with Crippen LogP contribution in [-0.2, 0) is 5.75 Å². The van der Waals surface area contributed by atoms with E-state index in [1.807, 2.05) is 0 Å². The molecule has 2 aromatic heterocycles. The molecule has 0 aliphatic carbocycles. The third kappa shape index (κ3) is 2.88. The summed E-state index contributed by atoms with van der Waals surface area (Å²) < 4.78 is 13.1. The van der Waals surface area contributed by atoms with E-state index in [4.69, 9.17) is 5.11 Å². The standard InChI is InChI=1S/C14H9FN2O3S2/c15-8-3-1-2-7(4-8)5-22-14-16-11(18)10-9(13(19)20)6-21-12(10)17-14/h1-4,6H,5H2,(H,19,20)(H,16,17,18). The van der Waals surface area contributed by atoms with Crippen LogP contribution in [0.1, 0.15) is 15.9 Å². The minimum atomic E-state index is -1.15. The highest BCUT2D eigenvalue weighted by molar-refractivity contribution is 7.98. The summed E-state index contributed by atoms with van der Waals surface area (Å²) in [7, 11) is 0. The predicted molar refractivity (Wildman–Crippen MR) is 83.2 cm³/mol. The van der Waals surface area contributed by atoms with Crippen molar-refractivity contribution < 1.29 is 14.3 Å². The van der Waals surface area contributed by atoms with E-state index < -0.39 is 11.5 Å². The monoisotopic (exact) mass is 336 g/mol. The van der Waals surface area contributed by atoms with Gasteiger partial charge < -0.3 is 10.1 Å². The molecule has 0 amide bonds. The number of rotatable bonds is 4. The van der Waals surface area contributed by atoms with Crippen LogP contribution >= 0.6 is 23.1 Å². The van der Waals surface area contributed by atoms with E-state index in [9.17, 15) is 14.0 Å². The van der Waals surface area contributed by atoms with Gasteiger partial charge in [0.05, 0.1) is 10.9 Å². The maximum absolute atomic E-state index is 13.1. The summed E-state index contributed by atoms with van der Waals surface area (Å²) in [6, 6.07) is 6.17. The summed E-state index contributed by atoms with van der Waals surface area (Å²) in [5.74, 6) is -1.03. The number of nitrogens with zero attached hydrogens (tertiary/aromatic N) is 1. The minimum Gasteiger partial charge on any atom is -0.478 e. The minimum absolute atomic E-state index is 0.0459. The quantitative estimate of drug-likeness (QED) is 0.565. The molecular weight excluding hydrogens is 327 g/mol. The van der Waals surface area contributed by atoms with E-state index in [0.717, 1.165) is 16.9 Å². The third-order valence-electron chi connectivity index (χ3n) is 2.92. The molecule has 3 rings (SSSR count). The van der Waals surface area contributed by atoms with Gasteiger partial charge in [0.1, 0.15) is 10.6 Å². The molecule has 0 saturated heterocycles. The van der Waals surface area contributed by atoms with Gasteiger partial charge >= 0.3 is 5.97 Å². The van der Waals surface area contributed by atoms with Crippen LogP contribution in [0.15, 0.2) is 39.6 Å². The number of aromatic amines is 1. The van der Waals surface area contributed by atoms with Gasteiger partial charge in [-0.3, -0.25) is 4.79 Å². The number of aromatic carboxylic acids is 1. The van der Waals surface area contributed by atoms with Crippen LogP contribution in [0, 0.1) is 5.82 Å². The number of carboxylic acids is 1. The number of aromatic nitrogens is 2. The summed E-state index contributed by atoms with van der Waals surface area (Å²) in [5, 5.41) is 10.9. The Hall–Kier alpha value is -2.19. The Morgan fingerprint density at radius 1 is 1.45 bits per heavy atom. The first kappa shape index (κ1) is 14.7. The summed E-state index contributed by atoms with van der Waals surface area (Å²) in [6.07, 6.45) is 0. The van der Waals surface area contributed by atoms with Crippen molar-refractivity contribution in [1.82, 2.24) is 9.97 Å². The molecule has 2 heterocycles. The SMILES string of the molecule is O=C(O)c1csc2nc(SCc3cccc(F)c3)[nH]c(=O)c12. The lowest BCUT2D eigenvalue weighted by molar-refractivity contribution is 0.0699. The van der Waals surface area contributed by atoms with Crippen LogP contribution in [0.25, 0.3) is 10.2 Å². The highest BCUT2D eigenvalue weighted by Gasteiger charge is 2.16. The molecule has 0 saturated carbocycles. The van der Waals surface area contributed by atoms with Gasteiger partial charge in [-0.25, -0.2) is 14.2 Å². The average molecular weight is 336 g/mol. The zero-order chi connectivity index (χ0) is 15.7. The number of halogens is 1. The third-order valence-corrected chi connectivity index (χ3v) is 4.73. The molecule has 112 valence electrons. The number of nitrogens with one attached hydrogen (secondary N) is 1. The van der Waals surface area contributed by atoms with Crippen LogP contribution in [-0.4, -0.2) is 21.0 Å². The molecular formula is C14H9FN2O3S2. The maximum atomic E-state index is 13.1. The van der Waals surface area contributed by atoms with Crippen LogP contribution in [0.4, 0.5) is 4.39 Å². The summed E-state index contributed by atoms with van der Waals surface area (Å²) in [4.78, 5) is 30.3. The van der Waals surface area contributed by atoms with Crippen molar-refractivity contribution in [2.75, 3.05) is 0 Å². The molecule has 0 radical (unpaired) electrons. The highest BCUT2D eigenvalue weighted by Crippen LogP contribution is 2.25. The Kier molecular flexibility index (Phi) is 3.95. The lowest BCUT2D eigenvalue weighted by Gasteiger charge is -2.02. The van der Waals surface area contributed by atoms with E-state index in [-0.39, 0.29) is 16.8 Å². The largest absolute Gasteiger partial charge is 0.478 e. The van der Waals surface area contributed by atoms with Gasteiger partial charge in [-0.1, -0.05) is 23.9 Å². The molecule has 0 unspecified atom stereocenters. The van der Waals surface area contributed by atoms with E-state index in [1.165, 1.54) is 29.3 Å². The van der Waals surface area contributed by atoms with Crippen molar-refractivity contribution in [1.29, 1.82) is 0 Å². The molecule has 0 atom stereocenters. The van der Waals surface area contributed by atoms with E-state index in [2.05, 4.69) is 9.97 Å². The molecule has 1 aromatic carbocycles. The molecule has 0 bridgehead atoms. The molecule has 5 nitrogen and oxygen atoms in total. The number of H-pyrrole nitrogens is 1. The number of carboxylic acid groups (broad SMARTS) is 1. The Morgan fingerprint density at radius 2 is 2.27 bits per heavy atom. The Labute approximate surface area is 131 Å². The Bertz CT molecular complexity index is 920. The second kappa shape index (κ2) is 5.90. The molecule has 0 aliphatic heterocycles. The topological polar surface area (TPSA) is 83.0 Å². The second-order valence-corrected chi connectivity index (χ2v) is 6.25. The van der Waals surface area contributed by atoms with Gasteiger partial charge in [0.15, 0.2) is 5.16 Å². The summed E-state index contributed by atoms with van der Waals surface area (Å²) in [5.41, 5.74) is 0.242. The Morgan fingerprint density at radius 3 is 3.00 bits per heavy atom. The molecule has 0 aliphatic rings. The van der Waals surface area contributed by atoms with Gasteiger partial charge in [0, 0.05) is 11.1 Å². The fraction of sp³-hybridized carbons (Fsp3) is 0.0714. The lowest BCUT2D eigenvalue weighted by atomic mass is 10.2. The Balaban J connectivity index is 1.89. The van der Waals surface area contributed by atoms with Crippen molar-refractivity contribution >= 4 is 39.3 Å². The molecule has 22 heavy (non-hydrogen) atoms. The molecule has 3 aromatic rings. The number of carbonyl (C=O) groups is 1. The van der Waals surface area contributed by atoms with Crippen molar-refractivity contribution in [3.05, 3.63) is 56.9 Å². The number of hydrogen-bond donors (Lipinski definition) is 2. The molecule has 8 heteroatoms. The van der Waals surface area contributed by atoms with Crippen LogP contribution in [0.2, 0.25) is 0 Å². The number of thioether (sulfide) groups is 1. The van der Waals surface area contributed by atoms with Gasteiger partial charge in [-0.15, -0.1) is 11.3 Å². The van der Waals surface area contributed by atoms with Crippen molar-refractivity contribution in [3.63, 3.8) is 0 Å². The smallest absolute Gasteiger partial charge is 0.337 e. The van der Waals surface area contributed by atoms with Crippen molar-refractivity contribution in [3.8, 4) is 0 Å². The normalized spacial score (nSPS) is 11.0. The fourth-order valence-corrected chi connectivity index (χ4v) is 3.71. The highest BCUT2D eigenvalue weighted by atomic mass is 32.2. The first-order chi connectivity index (χ1) is 10.5. The van der Waals surface area contributed by atoms with E-state index in [1.54, 1.807) is 12.1 Å². The summed E-state index contributed by atoms with van der Waals surface area (Å²) in [6.45, 7) is 0. The van der Waals surface area contributed by atoms with E-state index >= 15 is 0 Å². The number of thiophene rings is 1. The fourth-order valence-electron chi connectivity index (χ4n) is 1.93. The first-order valence-corrected chi connectivity index (χ1v) is 8.03. The van der Waals surface area contributed by atoms with Gasteiger partial charge in [-0.05, 0) is 17.7 Å². The van der Waals surface area contributed by atoms with Crippen LogP contribution in [0.5, 0.6) is 0 Å². The lowest BCUT2D eigenvalue weighted by Crippen LogP contribution is -2.11. The molecule has 0 spiro atoms. The van der Waals surface area contributed by atoms with Crippen LogP contribution < -0.4 is 5.56 Å². The number of benzene rings is 1. The van der Waals surface area contributed by atoms with Gasteiger partial charge in [-0.2, -0.15) is 0 Å². The zero-order valence-corrected chi connectivity index (χ0v) is 12.6. The first-order valence-electron chi connectivity index (χ1n) is 6.16. The maximum Gasteiger partial charge on any atom is 0.337 e. The van der Waals surface area contributed by atoms with Crippen molar-refractivity contribution in [2.45, 2.75) is 10.9 Å². The van der Waals surface area contributed by atoms with Gasteiger partial charge in [0.2, 0.25) is 0 Å². The molecule has 2 N–H and O–H groups in total. The van der Waals surface area contributed by atoms with Gasteiger partial charge in [0.25, 0.3) is 5.56 Å². The van der Waals surface area contributed by atoms with E-state index in [0.29, 0.717) is 15.7 Å². The predicted octanol–water partition coefficient (Wildman–Crippen LogP) is 3.11.